The van der Waals surface area contributed by atoms with Crippen LogP contribution in [0, 0.1) is 13.8 Å². The van der Waals surface area contributed by atoms with Crippen molar-refractivity contribution in [2.75, 3.05) is 32.8 Å². The third-order valence-corrected chi connectivity index (χ3v) is 5.98. The van der Waals surface area contributed by atoms with Crippen molar-refractivity contribution in [2.45, 2.75) is 71.3 Å². The first kappa shape index (κ1) is 20.2. The van der Waals surface area contributed by atoms with E-state index in [0.29, 0.717) is 6.04 Å². The van der Waals surface area contributed by atoms with Crippen LogP contribution in [0.5, 0.6) is 5.75 Å². The van der Waals surface area contributed by atoms with Gasteiger partial charge in [0.2, 0.25) is 0 Å². The number of piperidine rings is 1. The molecule has 0 spiro atoms. The third kappa shape index (κ3) is 6.24. The first-order valence-electron chi connectivity index (χ1n) is 10.8. The molecule has 150 valence electrons. The van der Waals surface area contributed by atoms with Gasteiger partial charge in [-0.2, -0.15) is 0 Å². The molecule has 2 aliphatic heterocycles. The topological polar surface area (TPSA) is 32.8 Å². The van der Waals surface area contributed by atoms with Crippen LogP contribution in [-0.2, 0) is 4.79 Å². The summed E-state index contributed by atoms with van der Waals surface area (Å²) in [5, 5.41) is 0. The van der Waals surface area contributed by atoms with Crippen LogP contribution in [0.4, 0.5) is 0 Å². The van der Waals surface area contributed by atoms with Gasteiger partial charge in [-0.05, 0) is 88.7 Å². The molecule has 1 aromatic rings. The molecule has 2 aliphatic rings. The molecule has 0 unspecified atom stereocenters. The zero-order valence-corrected chi connectivity index (χ0v) is 17.2. The van der Waals surface area contributed by atoms with Gasteiger partial charge in [0.1, 0.15) is 5.75 Å². The fourth-order valence-corrected chi connectivity index (χ4v) is 4.56. The second-order valence-corrected chi connectivity index (χ2v) is 8.39. The van der Waals surface area contributed by atoms with E-state index >= 15 is 0 Å². The lowest BCUT2D eigenvalue weighted by Gasteiger charge is -2.37. The van der Waals surface area contributed by atoms with E-state index in [2.05, 4.69) is 29.7 Å². The monoisotopic (exact) mass is 372 g/mol. The number of rotatable bonds is 6. The van der Waals surface area contributed by atoms with Crippen molar-refractivity contribution in [3.8, 4) is 5.75 Å². The van der Waals surface area contributed by atoms with Gasteiger partial charge in [-0.15, -0.1) is 0 Å². The molecular weight excluding hydrogens is 336 g/mol. The van der Waals surface area contributed by atoms with Crippen LogP contribution in [0.3, 0.4) is 0 Å². The predicted molar refractivity (Wildman–Crippen MR) is 110 cm³/mol. The maximum atomic E-state index is 12.8. The van der Waals surface area contributed by atoms with Crippen LogP contribution in [0.15, 0.2) is 18.2 Å². The van der Waals surface area contributed by atoms with Gasteiger partial charge in [0.05, 0.1) is 0 Å². The first-order valence-corrected chi connectivity index (χ1v) is 10.8. The van der Waals surface area contributed by atoms with Crippen molar-refractivity contribution in [2.24, 2.45) is 0 Å². The highest BCUT2D eigenvalue weighted by atomic mass is 16.5. The number of nitrogens with zero attached hydrogens (tertiary/aromatic N) is 2. The second-order valence-electron chi connectivity index (χ2n) is 8.39. The van der Waals surface area contributed by atoms with Gasteiger partial charge in [-0.1, -0.05) is 18.9 Å². The highest BCUT2D eigenvalue weighted by Crippen LogP contribution is 2.22. The minimum absolute atomic E-state index is 0.148. The van der Waals surface area contributed by atoms with Crippen molar-refractivity contribution < 1.29 is 9.53 Å². The summed E-state index contributed by atoms with van der Waals surface area (Å²) >= 11 is 0. The van der Waals surface area contributed by atoms with Crippen LogP contribution in [-0.4, -0.2) is 54.5 Å². The molecule has 4 heteroatoms. The van der Waals surface area contributed by atoms with Crippen LogP contribution in [0.25, 0.3) is 0 Å². The molecule has 2 heterocycles. The van der Waals surface area contributed by atoms with Gasteiger partial charge in [-0.25, -0.2) is 0 Å². The van der Waals surface area contributed by atoms with Gasteiger partial charge in [0, 0.05) is 19.1 Å². The molecule has 1 atom stereocenters. The summed E-state index contributed by atoms with van der Waals surface area (Å²) in [5.74, 6) is 0.953. The maximum absolute atomic E-state index is 12.8. The normalized spacial score (nSPS) is 21.7. The molecule has 0 N–H and O–H groups in total. The van der Waals surface area contributed by atoms with E-state index in [0.717, 1.165) is 38.1 Å². The standard InChI is InChI=1S/C23H36N2O2/c1-19-15-20(2)17-22(16-19)27-18-23(26)25-13-8-5-9-21(25)10-14-24-11-6-3-4-7-12-24/h15-17,21H,3-14,18H2,1-2H3/t21-/m1/s1. The van der Waals surface area contributed by atoms with Gasteiger partial charge in [-0.3, -0.25) is 4.79 Å². The summed E-state index contributed by atoms with van der Waals surface area (Å²) in [6.07, 6.45) is 10.0. The zero-order valence-electron chi connectivity index (χ0n) is 17.2. The van der Waals surface area contributed by atoms with E-state index < -0.39 is 0 Å². The summed E-state index contributed by atoms with van der Waals surface area (Å²) < 4.78 is 5.84. The van der Waals surface area contributed by atoms with E-state index in [4.69, 9.17) is 4.74 Å². The van der Waals surface area contributed by atoms with Crippen molar-refractivity contribution in [3.05, 3.63) is 29.3 Å². The second kappa shape index (κ2) is 10.1. The maximum Gasteiger partial charge on any atom is 0.260 e. The van der Waals surface area contributed by atoms with Gasteiger partial charge >= 0.3 is 0 Å². The Balaban J connectivity index is 1.51. The predicted octanol–water partition coefficient (Wildman–Crippen LogP) is 4.33. The Hall–Kier alpha value is -1.55. The Kier molecular flexibility index (Phi) is 7.57. The average molecular weight is 373 g/mol. The van der Waals surface area contributed by atoms with Crippen LogP contribution in [0.1, 0.15) is 62.5 Å². The number of amides is 1. The number of hydrogen-bond acceptors (Lipinski definition) is 3. The van der Waals surface area contributed by atoms with E-state index in [1.54, 1.807) is 0 Å². The molecular formula is C23H36N2O2. The number of carbonyl (C=O) groups excluding carboxylic acids is 1. The molecule has 0 radical (unpaired) electrons. The van der Waals surface area contributed by atoms with Crippen molar-refractivity contribution >= 4 is 5.91 Å². The molecule has 3 rings (SSSR count). The van der Waals surface area contributed by atoms with E-state index in [1.165, 1.54) is 56.3 Å². The SMILES string of the molecule is Cc1cc(C)cc(OCC(=O)N2CCCC[C@@H]2CCN2CCCCCC2)c1. The Labute approximate surface area is 164 Å². The largest absolute Gasteiger partial charge is 0.484 e. The van der Waals surface area contributed by atoms with Crippen LogP contribution in [0.2, 0.25) is 0 Å². The summed E-state index contributed by atoms with van der Waals surface area (Å²) in [5.41, 5.74) is 2.34. The van der Waals surface area contributed by atoms with E-state index in [1.807, 2.05) is 12.1 Å². The summed E-state index contributed by atoms with van der Waals surface area (Å²) in [7, 11) is 0. The highest BCUT2D eigenvalue weighted by Gasteiger charge is 2.27. The van der Waals surface area contributed by atoms with Crippen molar-refractivity contribution in [3.63, 3.8) is 0 Å². The molecule has 2 saturated heterocycles. The molecule has 0 aliphatic carbocycles. The number of hydrogen-bond donors (Lipinski definition) is 0. The van der Waals surface area contributed by atoms with Crippen LogP contribution < -0.4 is 4.74 Å². The molecule has 0 bridgehead atoms. The zero-order chi connectivity index (χ0) is 19.1. The van der Waals surface area contributed by atoms with Crippen LogP contribution >= 0.6 is 0 Å². The number of likely N-dealkylation sites (tertiary alicyclic amines) is 2. The van der Waals surface area contributed by atoms with Gasteiger partial charge in [0.15, 0.2) is 6.61 Å². The number of ether oxygens (including phenoxy) is 1. The minimum atomic E-state index is 0.148. The molecule has 0 aromatic heterocycles. The van der Waals surface area contributed by atoms with Gasteiger partial charge in [0.25, 0.3) is 5.91 Å². The fraction of sp³-hybridized carbons (Fsp3) is 0.696. The lowest BCUT2D eigenvalue weighted by atomic mass is 9.99. The Morgan fingerprint density at radius 2 is 1.63 bits per heavy atom. The molecule has 1 aromatic carbocycles. The van der Waals surface area contributed by atoms with E-state index in [9.17, 15) is 4.79 Å². The summed E-state index contributed by atoms with van der Waals surface area (Å²) in [4.78, 5) is 17.6. The highest BCUT2D eigenvalue weighted by molar-refractivity contribution is 5.78. The summed E-state index contributed by atoms with van der Waals surface area (Å²) in [6, 6.07) is 6.52. The van der Waals surface area contributed by atoms with Gasteiger partial charge < -0.3 is 14.5 Å². The third-order valence-electron chi connectivity index (χ3n) is 5.98. The Morgan fingerprint density at radius 1 is 0.963 bits per heavy atom. The molecule has 1 amide bonds. The van der Waals surface area contributed by atoms with Crippen molar-refractivity contribution in [1.82, 2.24) is 9.80 Å². The molecule has 27 heavy (non-hydrogen) atoms. The van der Waals surface area contributed by atoms with E-state index in [-0.39, 0.29) is 12.5 Å². The Morgan fingerprint density at radius 3 is 2.33 bits per heavy atom. The number of aryl methyl sites for hydroxylation is 2. The minimum Gasteiger partial charge on any atom is -0.484 e. The average Bonchev–Trinajstić information content (AvgIpc) is 2.93. The van der Waals surface area contributed by atoms with Crippen molar-refractivity contribution in [1.29, 1.82) is 0 Å². The first-order chi connectivity index (χ1) is 13.1. The fourth-order valence-electron chi connectivity index (χ4n) is 4.56. The Bertz CT molecular complexity index is 588. The lowest BCUT2D eigenvalue weighted by Crippen LogP contribution is -2.47. The molecule has 4 nitrogen and oxygen atoms in total. The number of benzene rings is 1. The molecule has 0 saturated carbocycles. The lowest BCUT2D eigenvalue weighted by molar-refractivity contribution is -0.137. The smallest absolute Gasteiger partial charge is 0.260 e. The molecule has 2 fully saturated rings. The summed E-state index contributed by atoms with van der Waals surface area (Å²) in [6.45, 7) is 8.76. The number of carbonyl (C=O) groups is 1. The quantitative estimate of drug-likeness (QED) is 0.745.